The highest BCUT2D eigenvalue weighted by molar-refractivity contribution is 7.92. The maximum Gasteiger partial charge on any atom is 0.416 e. The molecule has 0 aliphatic carbocycles. The van der Waals surface area contributed by atoms with E-state index in [1.165, 1.54) is 47.4 Å². The number of nitrogens with one attached hydrogen (secondary N) is 1. The van der Waals surface area contributed by atoms with Crippen molar-refractivity contribution in [1.29, 1.82) is 0 Å². The number of carbonyl (C=O) groups excluding carboxylic acids is 2. The summed E-state index contributed by atoms with van der Waals surface area (Å²) in [6.45, 7) is 2.88. The number of hydrogen-bond acceptors (Lipinski definition) is 4. The van der Waals surface area contributed by atoms with Crippen molar-refractivity contribution in [2.45, 2.75) is 50.3 Å². The number of rotatable bonds is 12. The van der Waals surface area contributed by atoms with Crippen LogP contribution in [0, 0.1) is 0 Å². The van der Waals surface area contributed by atoms with E-state index >= 15 is 0 Å². The van der Waals surface area contributed by atoms with Crippen molar-refractivity contribution in [2.24, 2.45) is 0 Å². The molecule has 1 N–H and O–H groups in total. The molecule has 0 saturated heterocycles. The molecule has 3 aromatic carbocycles. The Balaban J connectivity index is 2.11. The molecule has 7 nitrogen and oxygen atoms in total. The second kappa shape index (κ2) is 14.3. The second-order valence-electron chi connectivity index (χ2n) is 9.36. The van der Waals surface area contributed by atoms with Gasteiger partial charge >= 0.3 is 6.18 Å². The van der Waals surface area contributed by atoms with Crippen LogP contribution in [0.25, 0.3) is 0 Å². The van der Waals surface area contributed by atoms with Gasteiger partial charge in [0.05, 0.1) is 26.2 Å². The molecule has 42 heavy (non-hydrogen) atoms. The van der Waals surface area contributed by atoms with Crippen molar-refractivity contribution < 1.29 is 31.2 Å². The molecule has 0 aliphatic heterocycles. The highest BCUT2D eigenvalue weighted by Gasteiger charge is 2.36. The Morgan fingerprint density at radius 1 is 0.929 bits per heavy atom. The average molecular weight is 645 g/mol. The number of amides is 2. The Labute approximate surface area is 253 Å². The molecule has 0 aliphatic rings. The molecule has 0 saturated carbocycles. The van der Waals surface area contributed by atoms with E-state index < -0.39 is 46.2 Å². The molecule has 0 bridgehead atoms. The van der Waals surface area contributed by atoms with Crippen LogP contribution in [0.5, 0.6) is 0 Å². The van der Waals surface area contributed by atoms with E-state index in [1.54, 1.807) is 19.1 Å². The minimum absolute atomic E-state index is 0.143. The van der Waals surface area contributed by atoms with E-state index in [2.05, 4.69) is 5.32 Å². The molecule has 1 unspecified atom stereocenters. The van der Waals surface area contributed by atoms with Gasteiger partial charge in [0.15, 0.2) is 0 Å². The van der Waals surface area contributed by atoms with Crippen LogP contribution in [0.1, 0.15) is 37.8 Å². The van der Waals surface area contributed by atoms with Gasteiger partial charge in [-0.1, -0.05) is 67.4 Å². The predicted molar refractivity (Wildman–Crippen MR) is 157 cm³/mol. The van der Waals surface area contributed by atoms with Gasteiger partial charge in [-0.3, -0.25) is 13.9 Å². The Morgan fingerprint density at radius 2 is 1.62 bits per heavy atom. The lowest BCUT2D eigenvalue weighted by Crippen LogP contribution is -2.52. The minimum atomic E-state index is -4.76. The van der Waals surface area contributed by atoms with Crippen molar-refractivity contribution in [3.05, 3.63) is 94.0 Å². The predicted octanol–water partition coefficient (Wildman–Crippen LogP) is 6.54. The Kier molecular flexibility index (Phi) is 11.3. The first-order valence-electron chi connectivity index (χ1n) is 13.1. The molecule has 3 aromatic rings. The summed E-state index contributed by atoms with van der Waals surface area (Å²) in [4.78, 5) is 28.1. The second-order valence-corrected chi connectivity index (χ2v) is 12.0. The van der Waals surface area contributed by atoms with Gasteiger partial charge in [-0.15, -0.1) is 0 Å². The maximum absolute atomic E-state index is 14.0. The summed E-state index contributed by atoms with van der Waals surface area (Å²) >= 11 is 12.2. The highest BCUT2D eigenvalue weighted by atomic mass is 35.5. The zero-order valence-electron chi connectivity index (χ0n) is 22.9. The van der Waals surface area contributed by atoms with E-state index in [1.807, 2.05) is 6.92 Å². The van der Waals surface area contributed by atoms with Gasteiger partial charge in [0, 0.05) is 13.1 Å². The Morgan fingerprint density at radius 3 is 2.21 bits per heavy atom. The van der Waals surface area contributed by atoms with Crippen LogP contribution >= 0.6 is 23.2 Å². The SMILES string of the molecule is CCCNC(=O)C(CC)N(Cc1ccc(Cl)c(Cl)c1)C(=O)CN(c1cccc(C(F)(F)F)c1)S(=O)(=O)c1ccccc1. The van der Waals surface area contributed by atoms with E-state index in [-0.39, 0.29) is 33.6 Å². The number of halogens is 5. The molecule has 0 heterocycles. The largest absolute Gasteiger partial charge is 0.416 e. The highest BCUT2D eigenvalue weighted by Crippen LogP contribution is 2.33. The van der Waals surface area contributed by atoms with Crippen LogP contribution in [0.15, 0.2) is 77.7 Å². The van der Waals surface area contributed by atoms with Crippen molar-refractivity contribution >= 4 is 50.7 Å². The fourth-order valence-electron chi connectivity index (χ4n) is 4.21. The molecular weight excluding hydrogens is 614 g/mol. The van der Waals surface area contributed by atoms with Gasteiger partial charge in [0.25, 0.3) is 10.0 Å². The van der Waals surface area contributed by atoms with Crippen LogP contribution in [0.4, 0.5) is 18.9 Å². The first kappa shape index (κ1) is 33.2. The lowest BCUT2D eigenvalue weighted by molar-refractivity contribution is -0.140. The van der Waals surface area contributed by atoms with Crippen LogP contribution in [0.3, 0.4) is 0 Å². The van der Waals surface area contributed by atoms with Crippen molar-refractivity contribution in [3.63, 3.8) is 0 Å². The van der Waals surface area contributed by atoms with Gasteiger partial charge in [-0.05, 0) is 60.9 Å². The molecule has 0 radical (unpaired) electrons. The van der Waals surface area contributed by atoms with Gasteiger partial charge < -0.3 is 10.2 Å². The third-order valence-electron chi connectivity index (χ3n) is 6.34. The van der Waals surface area contributed by atoms with Crippen LogP contribution < -0.4 is 9.62 Å². The third-order valence-corrected chi connectivity index (χ3v) is 8.87. The van der Waals surface area contributed by atoms with Crippen LogP contribution in [-0.2, 0) is 32.3 Å². The molecule has 1 atom stereocenters. The van der Waals surface area contributed by atoms with E-state index in [0.717, 1.165) is 12.1 Å². The first-order valence-corrected chi connectivity index (χ1v) is 15.2. The van der Waals surface area contributed by atoms with E-state index in [0.29, 0.717) is 28.9 Å². The number of nitrogens with zero attached hydrogens (tertiary/aromatic N) is 2. The summed E-state index contributed by atoms with van der Waals surface area (Å²) in [6.07, 6.45) is -3.94. The number of alkyl halides is 3. The first-order chi connectivity index (χ1) is 19.8. The molecule has 3 rings (SSSR count). The standard InChI is InChI=1S/C29H30Cl2F3N3O4S/c1-3-15-35-28(39)26(4-2)36(18-20-13-14-24(30)25(31)16-20)27(38)19-37(42(40,41)23-11-6-5-7-12-23)22-10-8-9-21(17-22)29(32,33)34/h5-14,16-17,26H,3-4,15,18-19H2,1-2H3,(H,35,39). The van der Waals surface area contributed by atoms with Crippen LogP contribution in [-0.4, -0.2) is 44.3 Å². The van der Waals surface area contributed by atoms with Gasteiger partial charge in [0.1, 0.15) is 12.6 Å². The lowest BCUT2D eigenvalue weighted by atomic mass is 10.1. The smallest absolute Gasteiger partial charge is 0.354 e. The average Bonchev–Trinajstić information content (AvgIpc) is 2.96. The van der Waals surface area contributed by atoms with Gasteiger partial charge in [-0.2, -0.15) is 13.2 Å². The van der Waals surface area contributed by atoms with Crippen molar-refractivity contribution in [1.82, 2.24) is 10.2 Å². The Hall–Kier alpha value is -3.28. The molecule has 0 aromatic heterocycles. The molecule has 13 heteroatoms. The monoisotopic (exact) mass is 643 g/mol. The lowest BCUT2D eigenvalue weighted by Gasteiger charge is -2.33. The third kappa shape index (κ3) is 8.17. The topological polar surface area (TPSA) is 86.8 Å². The summed E-state index contributed by atoms with van der Waals surface area (Å²) in [5.41, 5.74) is -0.935. The zero-order chi connectivity index (χ0) is 31.1. The molecule has 2 amide bonds. The quantitative estimate of drug-likeness (QED) is 0.243. The van der Waals surface area contributed by atoms with E-state index in [4.69, 9.17) is 23.2 Å². The van der Waals surface area contributed by atoms with Crippen LogP contribution in [0.2, 0.25) is 10.0 Å². The zero-order valence-corrected chi connectivity index (χ0v) is 25.2. The van der Waals surface area contributed by atoms with Crippen molar-refractivity contribution in [2.75, 3.05) is 17.4 Å². The summed E-state index contributed by atoms with van der Waals surface area (Å²) in [5.74, 6) is -1.26. The van der Waals surface area contributed by atoms with E-state index in [9.17, 15) is 31.2 Å². The maximum atomic E-state index is 14.0. The Bertz CT molecular complexity index is 1510. The molecule has 0 fully saturated rings. The summed E-state index contributed by atoms with van der Waals surface area (Å²) < 4.78 is 68.9. The summed E-state index contributed by atoms with van der Waals surface area (Å²) in [5, 5.41) is 3.24. The molecule has 0 spiro atoms. The number of sulfonamides is 1. The normalized spacial score (nSPS) is 12.5. The fraction of sp³-hybridized carbons (Fsp3) is 0.310. The molecular formula is C29H30Cl2F3N3O4S. The van der Waals surface area contributed by atoms with Crippen molar-refractivity contribution in [3.8, 4) is 0 Å². The summed E-state index contributed by atoms with van der Waals surface area (Å²) in [6, 6.07) is 14.4. The number of anilines is 1. The minimum Gasteiger partial charge on any atom is -0.354 e. The number of benzene rings is 3. The molecule has 226 valence electrons. The van der Waals surface area contributed by atoms with Gasteiger partial charge in [0.2, 0.25) is 11.8 Å². The fourth-order valence-corrected chi connectivity index (χ4v) is 5.95. The van der Waals surface area contributed by atoms with Gasteiger partial charge in [-0.25, -0.2) is 8.42 Å². The number of hydrogen-bond donors (Lipinski definition) is 1. The number of carbonyl (C=O) groups is 2. The summed E-state index contributed by atoms with van der Waals surface area (Å²) in [7, 11) is -4.52.